The summed E-state index contributed by atoms with van der Waals surface area (Å²) < 4.78 is 6.37. The Hall–Kier alpha value is -1.55. The van der Waals surface area contributed by atoms with Crippen LogP contribution in [0.1, 0.15) is 69.0 Å². The van der Waals surface area contributed by atoms with Crippen molar-refractivity contribution in [3.63, 3.8) is 0 Å². The molecule has 1 saturated heterocycles. The van der Waals surface area contributed by atoms with E-state index in [9.17, 15) is 0 Å². The Bertz CT molecular complexity index is 669. The monoisotopic (exact) mass is 355 g/mol. The van der Waals surface area contributed by atoms with Gasteiger partial charge in [0.2, 0.25) is 0 Å². The molecule has 4 rings (SSSR count). The Morgan fingerprint density at radius 1 is 1.19 bits per heavy atom. The fourth-order valence-electron chi connectivity index (χ4n) is 5.37. The Morgan fingerprint density at radius 2 is 2.08 bits per heavy atom. The topological polar surface area (TPSA) is 49.9 Å². The average Bonchev–Trinajstić information content (AvgIpc) is 3.29. The van der Waals surface area contributed by atoms with Crippen molar-refractivity contribution in [3.05, 3.63) is 41.4 Å². The molecule has 2 N–H and O–H groups in total. The van der Waals surface area contributed by atoms with E-state index in [2.05, 4.69) is 40.7 Å². The van der Waals surface area contributed by atoms with Crippen LogP contribution in [0.3, 0.4) is 0 Å². The Labute approximate surface area is 157 Å². The molecule has 1 atom stereocenters. The molecule has 0 amide bonds. The van der Waals surface area contributed by atoms with Gasteiger partial charge in [0.15, 0.2) is 0 Å². The molecule has 1 aromatic rings. The predicted octanol–water partition coefficient (Wildman–Crippen LogP) is 4.58. The molecule has 4 nitrogen and oxygen atoms in total. The van der Waals surface area contributed by atoms with Crippen LogP contribution < -0.4 is 5.32 Å². The van der Waals surface area contributed by atoms with Gasteiger partial charge >= 0.3 is 0 Å². The summed E-state index contributed by atoms with van der Waals surface area (Å²) in [5.74, 6) is 0. The van der Waals surface area contributed by atoms with E-state index in [-0.39, 0.29) is 11.0 Å². The highest BCUT2D eigenvalue weighted by atomic mass is 16.5. The fourth-order valence-corrected chi connectivity index (χ4v) is 5.37. The lowest BCUT2D eigenvalue weighted by molar-refractivity contribution is -0.116. The third-order valence-electron chi connectivity index (χ3n) is 6.83. The van der Waals surface area contributed by atoms with E-state index in [1.165, 1.54) is 68.3 Å². The molecular formula is C22H33N3O. The first kappa shape index (κ1) is 17.8. The zero-order valence-corrected chi connectivity index (χ0v) is 16.2. The lowest BCUT2D eigenvalue weighted by Crippen LogP contribution is -2.47. The van der Waals surface area contributed by atoms with E-state index in [0.29, 0.717) is 0 Å². The van der Waals surface area contributed by atoms with Crippen LogP contribution >= 0.6 is 0 Å². The number of hydrogen-bond acceptors (Lipinski definition) is 3. The molecule has 1 aliphatic carbocycles. The van der Waals surface area contributed by atoms with E-state index >= 15 is 0 Å². The van der Waals surface area contributed by atoms with Gasteiger partial charge in [-0.3, -0.25) is 5.10 Å². The zero-order valence-electron chi connectivity index (χ0n) is 16.2. The number of hydrogen-bond donors (Lipinski definition) is 2. The van der Waals surface area contributed by atoms with E-state index in [4.69, 9.17) is 4.74 Å². The molecule has 1 saturated carbocycles. The molecular weight excluding hydrogens is 322 g/mol. The number of H-pyrrole nitrogens is 1. The SMILES string of the molecule is Cc1[nH]ncc1CCCC[C@@]1(C2=CC=CCN2)CCOC2(CCCC2)C1. The van der Waals surface area contributed by atoms with Gasteiger partial charge in [-0.15, -0.1) is 0 Å². The van der Waals surface area contributed by atoms with Crippen molar-refractivity contribution in [2.24, 2.45) is 5.41 Å². The molecule has 0 bridgehead atoms. The first-order valence-electron chi connectivity index (χ1n) is 10.5. The van der Waals surface area contributed by atoms with E-state index in [1.54, 1.807) is 0 Å². The lowest BCUT2D eigenvalue weighted by atomic mass is 9.66. The quantitative estimate of drug-likeness (QED) is 0.734. The number of aromatic amines is 1. The minimum atomic E-state index is 0.156. The van der Waals surface area contributed by atoms with Crippen molar-refractivity contribution in [3.8, 4) is 0 Å². The van der Waals surface area contributed by atoms with Crippen molar-refractivity contribution in [1.29, 1.82) is 0 Å². The molecule has 3 aliphatic rings. The molecule has 2 fully saturated rings. The minimum absolute atomic E-state index is 0.156. The number of unbranched alkanes of at least 4 members (excludes halogenated alkanes) is 1. The van der Waals surface area contributed by atoms with Gasteiger partial charge < -0.3 is 10.1 Å². The molecule has 1 aromatic heterocycles. The summed E-state index contributed by atoms with van der Waals surface area (Å²) in [6, 6.07) is 0. The average molecular weight is 356 g/mol. The van der Waals surface area contributed by atoms with Crippen LogP contribution in [0, 0.1) is 12.3 Å². The number of dihydropyridines is 1. The van der Waals surface area contributed by atoms with Crippen LogP contribution in [0.15, 0.2) is 30.1 Å². The highest BCUT2D eigenvalue weighted by molar-refractivity contribution is 5.25. The Morgan fingerprint density at radius 3 is 2.81 bits per heavy atom. The molecule has 0 aromatic carbocycles. The normalized spacial score (nSPS) is 27.5. The van der Waals surface area contributed by atoms with Gasteiger partial charge in [-0.05, 0) is 63.5 Å². The van der Waals surface area contributed by atoms with Crippen LogP contribution in [-0.2, 0) is 11.2 Å². The number of aromatic nitrogens is 2. The van der Waals surface area contributed by atoms with Gasteiger partial charge in [0.1, 0.15) is 0 Å². The van der Waals surface area contributed by atoms with Crippen LogP contribution in [-0.4, -0.2) is 29.0 Å². The van der Waals surface area contributed by atoms with Gasteiger partial charge in [-0.2, -0.15) is 5.10 Å². The van der Waals surface area contributed by atoms with Crippen molar-refractivity contribution < 1.29 is 4.74 Å². The van der Waals surface area contributed by atoms with Crippen molar-refractivity contribution in [2.45, 2.75) is 76.7 Å². The van der Waals surface area contributed by atoms with Crippen molar-refractivity contribution in [1.82, 2.24) is 15.5 Å². The maximum Gasteiger partial charge on any atom is 0.0691 e. The first-order valence-corrected chi connectivity index (χ1v) is 10.5. The van der Waals surface area contributed by atoms with Gasteiger partial charge in [0.05, 0.1) is 11.8 Å². The van der Waals surface area contributed by atoms with Gasteiger partial charge in [-0.1, -0.05) is 31.4 Å². The second-order valence-corrected chi connectivity index (χ2v) is 8.56. The highest BCUT2D eigenvalue weighted by Crippen LogP contribution is 2.52. The summed E-state index contributed by atoms with van der Waals surface area (Å²) in [6.07, 6.45) is 21.2. The molecule has 0 unspecified atom stereocenters. The van der Waals surface area contributed by atoms with Crippen LogP contribution in [0.2, 0.25) is 0 Å². The number of allylic oxidation sites excluding steroid dienone is 3. The second-order valence-electron chi connectivity index (χ2n) is 8.56. The molecule has 1 spiro atoms. The summed E-state index contributed by atoms with van der Waals surface area (Å²) in [7, 11) is 0. The number of rotatable bonds is 6. The van der Waals surface area contributed by atoms with Crippen molar-refractivity contribution >= 4 is 0 Å². The molecule has 4 heteroatoms. The molecule has 2 aliphatic heterocycles. The summed E-state index contributed by atoms with van der Waals surface area (Å²) in [4.78, 5) is 0. The summed E-state index contributed by atoms with van der Waals surface area (Å²) in [5, 5.41) is 10.9. The number of nitrogens with one attached hydrogen (secondary N) is 2. The largest absolute Gasteiger partial charge is 0.384 e. The molecule has 3 heterocycles. The Balaban J connectivity index is 1.45. The smallest absolute Gasteiger partial charge is 0.0691 e. The van der Waals surface area contributed by atoms with E-state index < -0.39 is 0 Å². The molecule has 0 radical (unpaired) electrons. The number of nitrogens with zero attached hydrogens (tertiary/aromatic N) is 1. The van der Waals surface area contributed by atoms with Gasteiger partial charge in [0, 0.05) is 30.0 Å². The van der Waals surface area contributed by atoms with Crippen molar-refractivity contribution in [2.75, 3.05) is 13.2 Å². The molecule has 26 heavy (non-hydrogen) atoms. The fraction of sp³-hybridized carbons (Fsp3) is 0.682. The number of ether oxygens (including phenoxy) is 1. The predicted molar refractivity (Wildman–Crippen MR) is 105 cm³/mol. The van der Waals surface area contributed by atoms with Gasteiger partial charge in [0.25, 0.3) is 0 Å². The van der Waals surface area contributed by atoms with Crippen LogP contribution in [0.25, 0.3) is 0 Å². The second kappa shape index (κ2) is 7.59. The molecule has 142 valence electrons. The standard InChI is InChI=1S/C22H33N3O/c1-18-19(16-24-25-18)8-2-4-10-21(20-9-3-7-14-23-20)13-15-26-22(17-21)11-5-6-12-22/h3,7,9,16,23H,2,4-6,8,10-15,17H2,1H3,(H,24,25)/t21-/m1/s1. The maximum absolute atomic E-state index is 6.37. The highest BCUT2D eigenvalue weighted by Gasteiger charge is 2.48. The summed E-state index contributed by atoms with van der Waals surface area (Å²) in [5.41, 5.74) is 4.49. The minimum Gasteiger partial charge on any atom is -0.384 e. The lowest BCUT2D eigenvalue weighted by Gasteiger charge is -2.48. The first-order chi connectivity index (χ1) is 12.7. The third-order valence-corrected chi connectivity index (χ3v) is 6.83. The zero-order chi connectivity index (χ0) is 17.9. The van der Waals surface area contributed by atoms with E-state index in [0.717, 1.165) is 26.0 Å². The summed E-state index contributed by atoms with van der Waals surface area (Å²) >= 11 is 0. The maximum atomic E-state index is 6.37. The third kappa shape index (κ3) is 3.62. The van der Waals surface area contributed by atoms with Crippen LogP contribution in [0.5, 0.6) is 0 Å². The number of aryl methyl sites for hydroxylation is 2. The Kier molecular flexibility index (Phi) is 5.21. The summed E-state index contributed by atoms with van der Waals surface area (Å²) in [6.45, 7) is 4.01. The van der Waals surface area contributed by atoms with Crippen LogP contribution in [0.4, 0.5) is 0 Å². The van der Waals surface area contributed by atoms with E-state index in [1.807, 2.05) is 6.20 Å². The van der Waals surface area contributed by atoms with Gasteiger partial charge in [-0.25, -0.2) is 0 Å².